The number of Topliss-reactive ketones (excluding diaryl/α,β-unsaturated/α-hetero) is 2. The highest BCUT2D eigenvalue weighted by Gasteiger charge is 2.02. The maximum absolute atomic E-state index is 11.1. The van der Waals surface area contributed by atoms with Crippen LogP contribution in [0.2, 0.25) is 0 Å². The minimum atomic E-state index is 0.151. The summed E-state index contributed by atoms with van der Waals surface area (Å²) in [6.45, 7) is 4.61. The van der Waals surface area contributed by atoms with Crippen LogP contribution in [-0.2, 0) is 14.3 Å². The van der Waals surface area contributed by atoms with Crippen LogP contribution >= 0.6 is 0 Å². The van der Waals surface area contributed by atoms with Gasteiger partial charge in [0.2, 0.25) is 0 Å². The number of ketones is 2. The van der Waals surface area contributed by atoms with Crippen molar-refractivity contribution in [1.82, 2.24) is 0 Å². The van der Waals surface area contributed by atoms with Crippen LogP contribution in [0.5, 0.6) is 0 Å². The van der Waals surface area contributed by atoms with Gasteiger partial charge in [0.25, 0.3) is 0 Å². The van der Waals surface area contributed by atoms with E-state index < -0.39 is 0 Å². The topological polar surface area (TPSA) is 43.4 Å². The van der Waals surface area contributed by atoms with Gasteiger partial charge in [-0.2, -0.15) is 0 Å². The monoisotopic (exact) mass is 186 g/mol. The van der Waals surface area contributed by atoms with Crippen LogP contribution < -0.4 is 0 Å². The Labute approximate surface area is 79.5 Å². The Hall–Kier alpha value is -0.700. The lowest BCUT2D eigenvalue weighted by molar-refractivity contribution is -0.120. The zero-order valence-corrected chi connectivity index (χ0v) is 8.47. The quantitative estimate of drug-likeness (QED) is 0.542. The smallest absolute Gasteiger partial charge is 0.135 e. The predicted molar refractivity (Wildman–Crippen MR) is 50.6 cm³/mol. The minimum Gasteiger partial charge on any atom is -0.381 e. The minimum absolute atomic E-state index is 0.151. The number of hydrogen-bond acceptors (Lipinski definition) is 3. The molecule has 3 heteroatoms. The largest absolute Gasteiger partial charge is 0.381 e. The van der Waals surface area contributed by atoms with E-state index in [1.54, 1.807) is 6.92 Å². The average molecular weight is 186 g/mol. The van der Waals surface area contributed by atoms with Crippen molar-refractivity contribution in [3.05, 3.63) is 0 Å². The Balaban J connectivity index is 3.25. The molecule has 0 spiro atoms. The molecule has 0 amide bonds. The first-order valence-corrected chi connectivity index (χ1v) is 4.75. The average Bonchev–Trinajstić information content (AvgIpc) is 2.04. The van der Waals surface area contributed by atoms with Gasteiger partial charge in [0.15, 0.2) is 0 Å². The summed E-state index contributed by atoms with van der Waals surface area (Å²) in [4.78, 5) is 21.7. The second-order valence-corrected chi connectivity index (χ2v) is 3.04. The van der Waals surface area contributed by atoms with Gasteiger partial charge in [-0.25, -0.2) is 0 Å². The molecule has 0 aliphatic rings. The van der Waals surface area contributed by atoms with Crippen LogP contribution in [0.3, 0.4) is 0 Å². The summed E-state index contributed by atoms with van der Waals surface area (Å²) < 4.78 is 5.04. The molecule has 0 saturated heterocycles. The number of carbonyl (C=O) groups excluding carboxylic acids is 2. The molecule has 0 aliphatic carbocycles. The third kappa shape index (κ3) is 9.21. The molecule has 76 valence electrons. The van der Waals surface area contributed by atoms with E-state index in [4.69, 9.17) is 4.74 Å². The van der Waals surface area contributed by atoms with Crippen molar-refractivity contribution in [2.24, 2.45) is 0 Å². The summed E-state index contributed by atoms with van der Waals surface area (Å²) >= 11 is 0. The molecule has 3 nitrogen and oxygen atoms in total. The van der Waals surface area contributed by atoms with Gasteiger partial charge >= 0.3 is 0 Å². The van der Waals surface area contributed by atoms with E-state index in [1.165, 1.54) is 0 Å². The van der Waals surface area contributed by atoms with Crippen molar-refractivity contribution >= 4 is 11.6 Å². The first-order chi connectivity index (χ1) is 6.16. The number of ether oxygens (including phenoxy) is 1. The first-order valence-electron chi connectivity index (χ1n) is 4.75. The van der Waals surface area contributed by atoms with Crippen LogP contribution in [0.1, 0.15) is 39.5 Å². The Bertz CT molecular complexity index is 164. The van der Waals surface area contributed by atoms with Gasteiger partial charge in [0.05, 0.1) is 6.61 Å². The van der Waals surface area contributed by atoms with Crippen molar-refractivity contribution in [3.8, 4) is 0 Å². The number of carbonyl (C=O) groups is 2. The zero-order chi connectivity index (χ0) is 10.1. The Kier molecular flexibility index (Phi) is 7.50. The fourth-order valence-electron chi connectivity index (χ4n) is 0.990. The molecule has 0 fully saturated rings. The molecular weight excluding hydrogens is 168 g/mol. The lowest BCUT2D eigenvalue weighted by atomic mass is 10.1. The van der Waals surface area contributed by atoms with Crippen LogP contribution in [-0.4, -0.2) is 24.8 Å². The third-order valence-electron chi connectivity index (χ3n) is 1.71. The van der Waals surface area contributed by atoms with E-state index in [9.17, 15) is 9.59 Å². The van der Waals surface area contributed by atoms with Gasteiger partial charge in [-0.1, -0.05) is 0 Å². The lowest BCUT2D eigenvalue weighted by Gasteiger charge is -2.00. The van der Waals surface area contributed by atoms with E-state index in [-0.39, 0.29) is 11.6 Å². The highest BCUT2D eigenvalue weighted by atomic mass is 16.5. The van der Waals surface area contributed by atoms with E-state index in [1.807, 2.05) is 6.92 Å². The number of hydrogen-bond donors (Lipinski definition) is 0. The van der Waals surface area contributed by atoms with Crippen molar-refractivity contribution < 1.29 is 14.3 Å². The molecule has 0 bridgehead atoms. The molecule has 0 aliphatic heterocycles. The predicted octanol–water partition coefficient (Wildman–Crippen LogP) is 1.74. The number of rotatable bonds is 8. The summed E-state index contributed by atoms with van der Waals surface area (Å²) in [7, 11) is 0. The second kappa shape index (κ2) is 7.92. The van der Waals surface area contributed by atoms with Crippen molar-refractivity contribution in [2.75, 3.05) is 13.2 Å². The maximum atomic E-state index is 11.1. The molecular formula is C10H18O3. The fourth-order valence-corrected chi connectivity index (χ4v) is 0.990. The van der Waals surface area contributed by atoms with Crippen LogP contribution in [0.4, 0.5) is 0 Å². The van der Waals surface area contributed by atoms with Gasteiger partial charge in [-0.3, -0.25) is 4.79 Å². The Morgan fingerprint density at radius 2 is 1.85 bits per heavy atom. The normalized spacial score (nSPS) is 10.0. The van der Waals surface area contributed by atoms with E-state index in [2.05, 4.69) is 0 Å². The summed E-state index contributed by atoms with van der Waals surface area (Å²) in [5.74, 6) is 0.340. The Morgan fingerprint density at radius 1 is 1.15 bits per heavy atom. The van der Waals surface area contributed by atoms with Crippen molar-refractivity contribution in [3.63, 3.8) is 0 Å². The molecule has 0 aromatic rings. The Morgan fingerprint density at radius 3 is 2.38 bits per heavy atom. The molecule has 0 radical (unpaired) electrons. The van der Waals surface area contributed by atoms with E-state index in [0.717, 1.165) is 0 Å². The SMILES string of the molecule is CCOCCC(=O)CCCC(C)=O. The molecule has 0 rings (SSSR count). The molecule has 0 N–H and O–H groups in total. The lowest BCUT2D eigenvalue weighted by Crippen LogP contribution is -2.04. The molecule has 0 unspecified atom stereocenters. The van der Waals surface area contributed by atoms with Crippen LogP contribution in [0.25, 0.3) is 0 Å². The van der Waals surface area contributed by atoms with Gasteiger partial charge in [-0.05, 0) is 20.3 Å². The molecule has 0 heterocycles. The summed E-state index contributed by atoms with van der Waals surface area (Å²) in [6.07, 6.45) is 2.18. The maximum Gasteiger partial charge on any atom is 0.135 e. The molecule has 0 aromatic heterocycles. The molecule has 13 heavy (non-hydrogen) atoms. The van der Waals surface area contributed by atoms with E-state index in [0.29, 0.717) is 38.9 Å². The van der Waals surface area contributed by atoms with Crippen LogP contribution in [0.15, 0.2) is 0 Å². The molecule has 0 saturated carbocycles. The standard InChI is InChI=1S/C10H18O3/c1-3-13-8-7-10(12)6-4-5-9(2)11/h3-8H2,1-2H3. The fraction of sp³-hybridized carbons (Fsp3) is 0.800. The van der Waals surface area contributed by atoms with Gasteiger partial charge in [-0.15, -0.1) is 0 Å². The van der Waals surface area contributed by atoms with Gasteiger partial charge in [0.1, 0.15) is 11.6 Å². The van der Waals surface area contributed by atoms with Crippen molar-refractivity contribution in [1.29, 1.82) is 0 Å². The van der Waals surface area contributed by atoms with Crippen LogP contribution in [0, 0.1) is 0 Å². The third-order valence-corrected chi connectivity index (χ3v) is 1.71. The first kappa shape index (κ1) is 12.3. The molecule has 0 aromatic carbocycles. The molecule has 0 atom stereocenters. The zero-order valence-electron chi connectivity index (χ0n) is 8.47. The highest BCUT2D eigenvalue weighted by Crippen LogP contribution is 2.00. The summed E-state index contributed by atoms with van der Waals surface area (Å²) in [5.41, 5.74) is 0. The van der Waals surface area contributed by atoms with Gasteiger partial charge in [0, 0.05) is 25.9 Å². The van der Waals surface area contributed by atoms with Crippen molar-refractivity contribution in [2.45, 2.75) is 39.5 Å². The highest BCUT2D eigenvalue weighted by molar-refractivity contribution is 5.80. The summed E-state index contributed by atoms with van der Waals surface area (Å²) in [6, 6.07) is 0. The second-order valence-electron chi connectivity index (χ2n) is 3.04. The van der Waals surface area contributed by atoms with E-state index >= 15 is 0 Å². The summed E-state index contributed by atoms with van der Waals surface area (Å²) in [5, 5.41) is 0. The van der Waals surface area contributed by atoms with Gasteiger partial charge < -0.3 is 9.53 Å².